The second-order valence-corrected chi connectivity index (χ2v) is 4.69. The normalized spacial score (nSPS) is 11.1. The van der Waals surface area contributed by atoms with Gasteiger partial charge in [0.25, 0.3) is 0 Å². The molecule has 0 aliphatic carbocycles. The van der Waals surface area contributed by atoms with Gasteiger partial charge in [-0.15, -0.1) is 0 Å². The molecule has 1 aromatic heterocycles. The van der Waals surface area contributed by atoms with Crippen LogP contribution in [0.3, 0.4) is 0 Å². The number of fused-ring (bicyclic) bond motifs is 1. The van der Waals surface area contributed by atoms with E-state index in [4.69, 9.17) is 5.11 Å². The largest absolute Gasteiger partial charge is 0.478 e. The number of aryl methyl sites for hydroxylation is 1. The minimum Gasteiger partial charge on any atom is -0.478 e. The molecule has 0 unspecified atom stereocenters. The monoisotopic (exact) mass is 245 g/mol. The molecule has 2 aromatic rings. The Labute approximate surface area is 105 Å². The lowest BCUT2D eigenvalue weighted by molar-refractivity contribution is 0.0696. The average Bonchev–Trinajstić information content (AvgIpc) is 2.65. The molecule has 1 aromatic carbocycles. The van der Waals surface area contributed by atoms with Crippen molar-refractivity contribution >= 4 is 23.2 Å². The number of carboxylic acids is 1. The van der Waals surface area contributed by atoms with Crippen LogP contribution in [0, 0.1) is 6.92 Å². The molecule has 0 aliphatic heterocycles. The first-order chi connectivity index (χ1) is 8.45. The number of aromatic nitrogens is 1. The van der Waals surface area contributed by atoms with Gasteiger partial charge in [0.1, 0.15) is 0 Å². The van der Waals surface area contributed by atoms with E-state index < -0.39 is 5.97 Å². The van der Waals surface area contributed by atoms with Crippen LogP contribution in [-0.4, -0.2) is 21.9 Å². The summed E-state index contributed by atoms with van der Waals surface area (Å²) in [4.78, 5) is 22.2. The highest BCUT2D eigenvalue weighted by atomic mass is 16.4. The molecular formula is C14H15NO3. The molecule has 0 radical (unpaired) electrons. The molecule has 94 valence electrons. The maximum Gasteiger partial charge on any atom is 0.335 e. The summed E-state index contributed by atoms with van der Waals surface area (Å²) in [5.74, 6) is -0.969. The lowest BCUT2D eigenvalue weighted by Crippen LogP contribution is -2.02. The fourth-order valence-electron chi connectivity index (χ4n) is 2.18. The number of nitrogens with zero attached hydrogens (tertiary/aromatic N) is 1. The number of carboxylic acid groups (broad SMARTS) is 1. The van der Waals surface area contributed by atoms with Gasteiger partial charge < -0.3 is 9.67 Å². The molecule has 1 heterocycles. The summed E-state index contributed by atoms with van der Waals surface area (Å²) in [6.07, 6.45) is 2.54. The molecule has 0 bridgehead atoms. The predicted octanol–water partition coefficient (Wildman–Crippen LogP) is 3.04. The Bertz CT molecular complexity index is 638. The number of carbonyl (C=O) groups is 2. The number of carbonyl (C=O) groups excluding carboxylic acids is 1. The average molecular weight is 245 g/mol. The van der Waals surface area contributed by atoms with E-state index in [-0.39, 0.29) is 11.6 Å². The summed E-state index contributed by atoms with van der Waals surface area (Å²) in [5.41, 5.74) is 2.37. The van der Waals surface area contributed by atoms with E-state index in [2.05, 4.69) is 0 Å². The number of benzene rings is 1. The Hall–Kier alpha value is -2.10. The van der Waals surface area contributed by atoms with Crippen LogP contribution in [0.15, 0.2) is 18.3 Å². The molecule has 2 rings (SSSR count). The highest BCUT2D eigenvalue weighted by Crippen LogP contribution is 2.27. The van der Waals surface area contributed by atoms with Crippen molar-refractivity contribution in [3.05, 3.63) is 35.0 Å². The summed E-state index contributed by atoms with van der Waals surface area (Å²) in [6.45, 7) is 5.81. The van der Waals surface area contributed by atoms with Gasteiger partial charge in [-0.1, -0.05) is 0 Å². The molecule has 0 aliphatic rings. The van der Waals surface area contributed by atoms with Crippen LogP contribution in [0.2, 0.25) is 0 Å². The van der Waals surface area contributed by atoms with Crippen LogP contribution in [0.4, 0.5) is 0 Å². The molecule has 0 saturated heterocycles. The number of hydrogen-bond acceptors (Lipinski definition) is 2. The quantitative estimate of drug-likeness (QED) is 0.845. The summed E-state index contributed by atoms with van der Waals surface area (Å²) in [5, 5.41) is 9.81. The van der Waals surface area contributed by atoms with Gasteiger partial charge in [-0.3, -0.25) is 4.79 Å². The zero-order valence-corrected chi connectivity index (χ0v) is 10.6. The lowest BCUT2D eigenvalue weighted by Gasteiger charge is -2.10. The maximum absolute atomic E-state index is 11.1. The molecule has 0 saturated carbocycles. The predicted molar refractivity (Wildman–Crippen MR) is 69.4 cm³/mol. The Balaban J connectivity index is 2.85. The zero-order chi connectivity index (χ0) is 13.4. The van der Waals surface area contributed by atoms with Gasteiger partial charge in [0.05, 0.1) is 5.56 Å². The second kappa shape index (κ2) is 4.29. The van der Waals surface area contributed by atoms with Gasteiger partial charge in [0.2, 0.25) is 0 Å². The number of aldehydes is 1. The number of rotatable bonds is 3. The fraction of sp³-hybridized carbons (Fsp3) is 0.286. The van der Waals surface area contributed by atoms with Gasteiger partial charge in [-0.25, -0.2) is 4.79 Å². The Morgan fingerprint density at radius 2 is 2.06 bits per heavy atom. The van der Waals surface area contributed by atoms with Crippen molar-refractivity contribution in [2.24, 2.45) is 0 Å². The van der Waals surface area contributed by atoms with Crippen LogP contribution in [-0.2, 0) is 0 Å². The van der Waals surface area contributed by atoms with Crippen molar-refractivity contribution in [2.45, 2.75) is 26.8 Å². The van der Waals surface area contributed by atoms with E-state index in [9.17, 15) is 9.59 Å². The third kappa shape index (κ3) is 1.79. The molecule has 0 fully saturated rings. The van der Waals surface area contributed by atoms with Crippen LogP contribution in [0.1, 0.15) is 46.2 Å². The summed E-state index contributed by atoms with van der Waals surface area (Å²) in [6, 6.07) is 3.62. The molecular weight excluding hydrogens is 230 g/mol. The highest BCUT2D eigenvalue weighted by Gasteiger charge is 2.15. The molecule has 4 nitrogen and oxygen atoms in total. The molecule has 0 atom stereocenters. The standard InChI is InChI=1S/C14H15NO3/c1-8(2)15-6-10(7-16)12-5-11(14(17)18)9(3)4-13(12)15/h4-8H,1-3H3,(H,17,18). The minimum absolute atomic E-state index is 0.219. The molecule has 1 N–H and O–H groups in total. The molecule has 0 spiro atoms. The second-order valence-electron chi connectivity index (χ2n) is 4.69. The van der Waals surface area contributed by atoms with Crippen molar-refractivity contribution in [3.8, 4) is 0 Å². The van der Waals surface area contributed by atoms with E-state index in [1.165, 1.54) is 0 Å². The van der Waals surface area contributed by atoms with E-state index in [1.54, 1.807) is 19.2 Å². The van der Waals surface area contributed by atoms with Gasteiger partial charge in [0, 0.05) is 28.7 Å². The first kappa shape index (κ1) is 12.4. The minimum atomic E-state index is -0.969. The third-order valence-electron chi connectivity index (χ3n) is 3.12. The third-order valence-corrected chi connectivity index (χ3v) is 3.12. The van der Waals surface area contributed by atoms with Gasteiger partial charge in [-0.2, -0.15) is 0 Å². The molecule has 0 amide bonds. The van der Waals surface area contributed by atoms with Crippen molar-refractivity contribution in [1.29, 1.82) is 0 Å². The van der Waals surface area contributed by atoms with Gasteiger partial charge in [-0.05, 0) is 38.5 Å². The van der Waals surface area contributed by atoms with Gasteiger partial charge >= 0.3 is 5.97 Å². The summed E-state index contributed by atoms with van der Waals surface area (Å²) >= 11 is 0. The smallest absolute Gasteiger partial charge is 0.335 e. The van der Waals surface area contributed by atoms with Crippen molar-refractivity contribution < 1.29 is 14.7 Å². The lowest BCUT2D eigenvalue weighted by atomic mass is 10.0. The highest BCUT2D eigenvalue weighted by molar-refractivity contribution is 6.02. The summed E-state index contributed by atoms with van der Waals surface area (Å²) in [7, 11) is 0. The number of hydrogen-bond donors (Lipinski definition) is 1. The van der Waals surface area contributed by atoms with Crippen molar-refractivity contribution in [1.82, 2.24) is 4.57 Å². The van der Waals surface area contributed by atoms with Crippen LogP contribution in [0.25, 0.3) is 10.9 Å². The zero-order valence-electron chi connectivity index (χ0n) is 10.6. The van der Waals surface area contributed by atoms with Crippen LogP contribution in [0.5, 0.6) is 0 Å². The van der Waals surface area contributed by atoms with E-state index in [0.717, 1.165) is 11.8 Å². The first-order valence-electron chi connectivity index (χ1n) is 5.79. The summed E-state index contributed by atoms with van der Waals surface area (Å²) < 4.78 is 1.98. The Kier molecular flexibility index (Phi) is 2.95. The molecule has 4 heteroatoms. The molecule has 18 heavy (non-hydrogen) atoms. The van der Waals surface area contributed by atoms with Crippen LogP contribution < -0.4 is 0 Å². The van der Waals surface area contributed by atoms with E-state index >= 15 is 0 Å². The SMILES string of the molecule is Cc1cc2c(cc1C(=O)O)c(C=O)cn2C(C)C. The van der Waals surface area contributed by atoms with Gasteiger partial charge in [0.15, 0.2) is 6.29 Å². The first-order valence-corrected chi connectivity index (χ1v) is 5.79. The maximum atomic E-state index is 11.1. The topological polar surface area (TPSA) is 59.3 Å². The van der Waals surface area contributed by atoms with Crippen LogP contribution >= 0.6 is 0 Å². The Morgan fingerprint density at radius 1 is 1.39 bits per heavy atom. The van der Waals surface area contributed by atoms with Crippen molar-refractivity contribution in [3.63, 3.8) is 0 Å². The number of aromatic carboxylic acids is 1. The van der Waals surface area contributed by atoms with E-state index in [1.807, 2.05) is 24.5 Å². The fourth-order valence-corrected chi connectivity index (χ4v) is 2.18. The van der Waals surface area contributed by atoms with E-state index in [0.29, 0.717) is 16.5 Å². The Morgan fingerprint density at radius 3 is 2.56 bits per heavy atom. The van der Waals surface area contributed by atoms with Crippen molar-refractivity contribution in [2.75, 3.05) is 0 Å².